The zero-order valence-corrected chi connectivity index (χ0v) is 29.1. The lowest BCUT2D eigenvalue weighted by molar-refractivity contribution is -0.146. The van der Waals surface area contributed by atoms with Crippen molar-refractivity contribution >= 4 is 29.1 Å². The van der Waals surface area contributed by atoms with Crippen molar-refractivity contribution in [1.29, 1.82) is 0 Å². The Balaban J connectivity index is 1.86. The van der Waals surface area contributed by atoms with E-state index < -0.39 is 17.6 Å². The Morgan fingerprint density at radius 1 is 0.848 bits per heavy atom. The van der Waals surface area contributed by atoms with Gasteiger partial charge in [-0.3, -0.25) is 14.4 Å². The van der Waals surface area contributed by atoms with E-state index >= 15 is 0 Å². The molecule has 0 saturated carbocycles. The third kappa shape index (κ3) is 11.9. The van der Waals surface area contributed by atoms with Crippen LogP contribution in [0.1, 0.15) is 43.6 Å². The molecule has 2 aromatic carbocycles. The topological polar surface area (TPSA) is 99.0 Å². The smallest absolute Gasteiger partial charge is 0.246 e. The minimum Gasteiger partial charge on any atom is -0.354 e. The number of likely N-dealkylation sites (N-methyl/N-ethyl adjacent to an activating group) is 2. The molecule has 3 amide bonds. The van der Waals surface area contributed by atoms with Crippen LogP contribution in [0.3, 0.4) is 0 Å². The largest absolute Gasteiger partial charge is 0.354 e. The zero-order valence-electron chi connectivity index (χ0n) is 28.2. The Kier molecular flexibility index (Phi) is 14.2. The summed E-state index contributed by atoms with van der Waals surface area (Å²) in [6.45, 7) is 5.27. The maximum absolute atomic E-state index is 14.3. The number of thiophene rings is 1. The summed E-state index contributed by atoms with van der Waals surface area (Å²) in [5.41, 5.74) is 8.74. The lowest BCUT2D eigenvalue weighted by atomic mass is 9.98. The van der Waals surface area contributed by atoms with Gasteiger partial charge in [-0.15, -0.1) is 11.3 Å². The summed E-state index contributed by atoms with van der Waals surface area (Å²) in [5.74, 6) is -0.781. The van der Waals surface area contributed by atoms with Crippen LogP contribution >= 0.6 is 11.3 Å². The first-order valence-electron chi connectivity index (χ1n) is 15.9. The summed E-state index contributed by atoms with van der Waals surface area (Å²) >= 11 is 1.56. The Morgan fingerprint density at radius 3 is 2.13 bits per heavy atom. The normalized spacial score (nSPS) is 13.0. The number of rotatable bonds is 17. The van der Waals surface area contributed by atoms with E-state index in [-0.39, 0.29) is 17.7 Å². The number of hydrogen-bond donors (Lipinski definition) is 2. The van der Waals surface area contributed by atoms with Crippen molar-refractivity contribution in [3.05, 3.63) is 94.7 Å². The predicted molar refractivity (Wildman–Crippen MR) is 190 cm³/mol. The molecule has 0 aliphatic rings. The number of nitrogens with one attached hydrogen (secondary N) is 1. The summed E-state index contributed by atoms with van der Waals surface area (Å²) in [4.78, 5) is 47.4. The maximum atomic E-state index is 14.3. The average molecular weight is 646 g/mol. The van der Waals surface area contributed by atoms with Gasteiger partial charge in [-0.05, 0) is 88.0 Å². The molecule has 0 unspecified atom stereocenters. The molecule has 0 radical (unpaired) electrons. The fraction of sp³-hybridized carbons (Fsp3) is 0.432. The second-order valence-corrected chi connectivity index (χ2v) is 13.9. The molecular formula is C37H51N5O3S. The number of nitrogens with zero attached hydrogens (tertiary/aromatic N) is 3. The first kappa shape index (κ1) is 36.7. The van der Waals surface area contributed by atoms with E-state index in [2.05, 4.69) is 22.3 Å². The first-order valence-corrected chi connectivity index (χ1v) is 16.8. The Hall–Kier alpha value is -3.79. The molecule has 9 heteroatoms. The highest BCUT2D eigenvalue weighted by atomic mass is 32.1. The first-order chi connectivity index (χ1) is 21.9. The van der Waals surface area contributed by atoms with Gasteiger partial charge < -0.3 is 25.8 Å². The molecule has 0 fully saturated rings. The molecule has 3 aromatic rings. The van der Waals surface area contributed by atoms with Crippen LogP contribution in [-0.4, -0.2) is 91.3 Å². The van der Waals surface area contributed by atoms with Crippen molar-refractivity contribution in [2.75, 3.05) is 41.3 Å². The van der Waals surface area contributed by atoms with Crippen molar-refractivity contribution in [1.82, 2.24) is 20.0 Å². The maximum Gasteiger partial charge on any atom is 0.246 e. The number of carbonyl (C=O) groups is 3. The van der Waals surface area contributed by atoms with Gasteiger partial charge in [0.1, 0.15) is 12.1 Å². The molecule has 0 saturated heterocycles. The number of amides is 3. The molecule has 2 atom stereocenters. The van der Waals surface area contributed by atoms with Gasteiger partial charge in [0.2, 0.25) is 17.7 Å². The zero-order chi connectivity index (χ0) is 33.7. The number of unbranched alkanes of at least 4 members (excludes halogenated alkanes) is 1. The minimum absolute atomic E-state index is 0.195. The second kappa shape index (κ2) is 17.8. The van der Waals surface area contributed by atoms with E-state index in [9.17, 15) is 14.4 Å². The van der Waals surface area contributed by atoms with Crippen LogP contribution < -0.4 is 11.1 Å². The fourth-order valence-electron chi connectivity index (χ4n) is 5.11. The van der Waals surface area contributed by atoms with Crippen molar-refractivity contribution in [3.8, 4) is 11.1 Å². The van der Waals surface area contributed by atoms with Crippen molar-refractivity contribution < 1.29 is 14.4 Å². The Bertz CT molecular complexity index is 1400. The quantitative estimate of drug-likeness (QED) is 0.159. The number of carbonyl (C=O) groups excluding carboxylic acids is 3. The Labute approximate surface area is 279 Å². The molecule has 8 nitrogen and oxygen atoms in total. The molecule has 3 rings (SSSR count). The number of benzene rings is 2. The van der Waals surface area contributed by atoms with Crippen LogP contribution in [0.25, 0.3) is 11.1 Å². The standard InChI is InChI=1S/C37H51N5O3S/c1-37(2,38)22-12-17-34(43)41(5)33(26-28-18-20-30(21-19-28)29-14-8-7-9-15-29)36(45)42(6)32(27-31-16-13-25-46-31)35(44)39-23-10-11-24-40(3)4/h7-9,12-21,25,32-33H,10-11,22-24,26-27,38H2,1-6H3,(H,39,44)/t32-,33-/m1/s1. The van der Waals surface area contributed by atoms with Gasteiger partial charge in [0.05, 0.1) is 0 Å². The summed E-state index contributed by atoms with van der Waals surface area (Å²) in [5, 5.41) is 5.03. The summed E-state index contributed by atoms with van der Waals surface area (Å²) in [7, 11) is 7.37. The van der Waals surface area contributed by atoms with Gasteiger partial charge in [0.25, 0.3) is 0 Å². The highest BCUT2D eigenvalue weighted by molar-refractivity contribution is 7.09. The monoisotopic (exact) mass is 645 g/mol. The Morgan fingerprint density at radius 2 is 1.52 bits per heavy atom. The molecule has 3 N–H and O–H groups in total. The van der Waals surface area contributed by atoms with Crippen molar-refractivity contribution in [2.24, 2.45) is 5.73 Å². The summed E-state index contributed by atoms with van der Waals surface area (Å²) in [6, 6.07) is 20.5. The van der Waals surface area contributed by atoms with Crippen LogP contribution in [0.2, 0.25) is 0 Å². The highest BCUT2D eigenvalue weighted by Gasteiger charge is 2.35. The van der Waals surface area contributed by atoms with Crippen LogP contribution in [0, 0.1) is 0 Å². The second-order valence-electron chi connectivity index (χ2n) is 12.9. The van der Waals surface area contributed by atoms with E-state index in [1.165, 1.54) is 15.9 Å². The molecule has 1 heterocycles. The minimum atomic E-state index is -0.825. The van der Waals surface area contributed by atoms with E-state index in [1.807, 2.05) is 87.9 Å². The SMILES string of the molecule is CN(C)CCCCNC(=O)[C@@H](Cc1cccs1)N(C)C(=O)[C@@H](Cc1ccc(-c2ccccc2)cc1)N(C)C(=O)C=CCC(C)(C)N. The van der Waals surface area contributed by atoms with Gasteiger partial charge in [-0.25, -0.2) is 0 Å². The molecule has 0 aliphatic carbocycles. The third-order valence-electron chi connectivity index (χ3n) is 7.92. The van der Waals surface area contributed by atoms with Gasteiger partial charge >= 0.3 is 0 Å². The van der Waals surface area contributed by atoms with Gasteiger partial charge in [0, 0.05) is 43.9 Å². The molecule has 0 spiro atoms. The number of nitrogens with two attached hydrogens (primary N) is 1. The van der Waals surface area contributed by atoms with Crippen LogP contribution in [0.15, 0.2) is 84.3 Å². The summed E-state index contributed by atoms with van der Waals surface area (Å²) < 4.78 is 0. The van der Waals surface area contributed by atoms with E-state index in [4.69, 9.17) is 5.73 Å². The van der Waals surface area contributed by atoms with Crippen LogP contribution in [0.5, 0.6) is 0 Å². The van der Waals surface area contributed by atoms with E-state index in [1.54, 1.807) is 31.5 Å². The van der Waals surface area contributed by atoms with Crippen LogP contribution in [0.4, 0.5) is 0 Å². The molecule has 0 aliphatic heterocycles. The number of hydrogen-bond acceptors (Lipinski definition) is 6. The predicted octanol–water partition coefficient (Wildman–Crippen LogP) is 5.00. The molecule has 46 heavy (non-hydrogen) atoms. The van der Waals surface area contributed by atoms with Gasteiger partial charge in [0.15, 0.2) is 0 Å². The lowest BCUT2D eigenvalue weighted by Crippen LogP contribution is -2.56. The average Bonchev–Trinajstić information content (AvgIpc) is 3.54. The van der Waals surface area contributed by atoms with Crippen molar-refractivity contribution in [2.45, 2.75) is 63.6 Å². The third-order valence-corrected chi connectivity index (χ3v) is 8.82. The van der Waals surface area contributed by atoms with E-state index in [0.717, 1.165) is 41.0 Å². The fourth-order valence-corrected chi connectivity index (χ4v) is 5.85. The van der Waals surface area contributed by atoms with Gasteiger partial charge in [-0.2, -0.15) is 0 Å². The molecular weight excluding hydrogens is 595 g/mol. The molecule has 1 aromatic heterocycles. The molecule has 248 valence electrons. The lowest BCUT2D eigenvalue weighted by Gasteiger charge is -2.34. The van der Waals surface area contributed by atoms with Crippen molar-refractivity contribution in [3.63, 3.8) is 0 Å². The van der Waals surface area contributed by atoms with Crippen LogP contribution in [-0.2, 0) is 27.2 Å². The van der Waals surface area contributed by atoms with E-state index in [0.29, 0.717) is 25.8 Å². The molecule has 0 bridgehead atoms. The van der Waals surface area contributed by atoms with Gasteiger partial charge in [-0.1, -0.05) is 66.7 Å². The summed E-state index contributed by atoms with van der Waals surface area (Å²) in [6.07, 6.45) is 6.25. The highest BCUT2D eigenvalue weighted by Crippen LogP contribution is 2.22.